The minimum absolute atomic E-state index is 0.0189. The molecule has 0 heterocycles. The smallest absolute Gasteiger partial charge is 0.182 e. The van der Waals surface area contributed by atoms with Crippen molar-refractivity contribution >= 4 is 35.1 Å². The van der Waals surface area contributed by atoms with Crippen LogP contribution < -0.4 is 4.90 Å². The van der Waals surface area contributed by atoms with Crippen LogP contribution in [-0.4, -0.2) is 44.2 Å². The summed E-state index contributed by atoms with van der Waals surface area (Å²) in [5.74, 6) is -0.556. The average molecular weight is 390 g/mol. The summed E-state index contributed by atoms with van der Waals surface area (Å²) in [7, 11) is 3.68. The van der Waals surface area contributed by atoms with E-state index in [0.717, 1.165) is 23.4 Å². The van der Waals surface area contributed by atoms with Crippen LogP contribution in [0.15, 0.2) is 35.3 Å². The predicted molar refractivity (Wildman–Crippen MR) is 111 cm³/mol. The van der Waals surface area contributed by atoms with Gasteiger partial charge in [0.2, 0.25) is 0 Å². The number of rotatable bonds is 7. The van der Waals surface area contributed by atoms with Crippen molar-refractivity contribution in [3.63, 3.8) is 0 Å². The molecule has 2 rings (SSSR count). The molecule has 2 aromatic rings. The van der Waals surface area contributed by atoms with E-state index in [1.165, 1.54) is 6.07 Å². The maximum atomic E-state index is 13.7. The van der Waals surface area contributed by atoms with Crippen LogP contribution in [0.5, 0.6) is 0 Å². The van der Waals surface area contributed by atoms with Crippen LogP contribution in [0.25, 0.3) is 0 Å². The number of hydrogen-bond acceptors (Lipinski definition) is 3. The molecule has 2 aromatic carbocycles. The third-order valence-electron chi connectivity index (χ3n) is 4.46. The Hall–Kier alpha value is -2.40. The third-order valence-corrected chi connectivity index (χ3v) is 4.83. The van der Waals surface area contributed by atoms with Gasteiger partial charge in [0.1, 0.15) is 5.82 Å². The SMILES string of the molecule is CCN(C)/C=N\c1cc(C)c(C(=O)CN(C)c2cccc(F)c2Cl)cc1C. The molecule has 0 unspecified atom stereocenters. The fraction of sp³-hybridized carbons (Fsp3) is 0.333. The Bertz CT molecular complexity index is 867. The molecule has 0 aromatic heterocycles. The van der Waals surface area contributed by atoms with E-state index >= 15 is 0 Å². The van der Waals surface area contributed by atoms with Gasteiger partial charge in [0.15, 0.2) is 5.78 Å². The Balaban J connectivity index is 2.22. The van der Waals surface area contributed by atoms with Gasteiger partial charge in [-0.05, 0) is 56.2 Å². The standard InChI is InChI=1S/C21H25ClFN3O/c1-6-25(4)13-24-18-11-14(2)16(10-15(18)3)20(27)12-26(5)19-9-7-8-17(23)21(19)22/h7-11,13H,6,12H2,1-5H3/b24-13-. The molecule has 0 saturated carbocycles. The first kappa shape index (κ1) is 20.9. The van der Waals surface area contributed by atoms with Crippen molar-refractivity contribution in [3.05, 3.63) is 57.9 Å². The van der Waals surface area contributed by atoms with Gasteiger partial charge in [-0.15, -0.1) is 0 Å². The highest BCUT2D eigenvalue weighted by Crippen LogP contribution is 2.28. The van der Waals surface area contributed by atoms with E-state index in [1.54, 1.807) is 30.4 Å². The minimum atomic E-state index is -0.500. The van der Waals surface area contributed by atoms with E-state index in [9.17, 15) is 9.18 Å². The Morgan fingerprint density at radius 1 is 1.22 bits per heavy atom. The number of carbonyl (C=O) groups is 1. The molecule has 0 radical (unpaired) electrons. The number of aliphatic imine (C=N–C) groups is 1. The van der Waals surface area contributed by atoms with Gasteiger partial charge in [-0.25, -0.2) is 9.38 Å². The molecule has 0 aliphatic carbocycles. The first-order chi connectivity index (χ1) is 12.7. The van der Waals surface area contributed by atoms with Crippen molar-refractivity contribution < 1.29 is 9.18 Å². The van der Waals surface area contributed by atoms with E-state index in [-0.39, 0.29) is 17.4 Å². The average Bonchev–Trinajstić information content (AvgIpc) is 2.63. The van der Waals surface area contributed by atoms with E-state index in [2.05, 4.69) is 4.99 Å². The highest BCUT2D eigenvalue weighted by atomic mass is 35.5. The third kappa shape index (κ3) is 5.07. The highest BCUT2D eigenvalue weighted by molar-refractivity contribution is 6.33. The quantitative estimate of drug-likeness (QED) is 0.378. The van der Waals surface area contributed by atoms with E-state index in [0.29, 0.717) is 11.3 Å². The second kappa shape index (κ2) is 9.00. The van der Waals surface area contributed by atoms with Crippen molar-refractivity contribution in [1.29, 1.82) is 0 Å². The normalized spacial score (nSPS) is 11.1. The summed E-state index contributed by atoms with van der Waals surface area (Å²) in [5.41, 5.74) is 3.75. The summed E-state index contributed by atoms with van der Waals surface area (Å²) in [6.07, 6.45) is 1.78. The lowest BCUT2D eigenvalue weighted by Crippen LogP contribution is -2.26. The van der Waals surface area contributed by atoms with E-state index < -0.39 is 5.82 Å². The Morgan fingerprint density at radius 3 is 2.59 bits per heavy atom. The summed E-state index contributed by atoms with van der Waals surface area (Å²) in [4.78, 5) is 20.9. The molecule has 144 valence electrons. The number of likely N-dealkylation sites (N-methyl/N-ethyl adjacent to an activating group) is 1. The predicted octanol–water partition coefficient (Wildman–Crippen LogP) is 5.03. The van der Waals surface area contributed by atoms with Crippen LogP contribution in [0.4, 0.5) is 15.8 Å². The lowest BCUT2D eigenvalue weighted by Gasteiger charge is -2.20. The molecule has 0 fully saturated rings. The number of carbonyl (C=O) groups excluding carboxylic acids is 1. The summed E-state index contributed by atoms with van der Waals surface area (Å²) < 4.78 is 13.7. The number of anilines is 1. The maximum Gasteiger partial charge on any atom is 0.182 e. The van der Waals surface area contributed by atoms with Gasteiger partial charge in [-0.3, -0.25) is 4.79 Å². The van der Waals surface area contributed by atoms with Crippen LogP contribution in [0.1, 0.15) is 28.4 Å². The molecular formula is C21H25ClFN3O. The van der Waals surface area contributed by atoms with Gasteiger partial charge in [0, 0.05) is 26.2 Å². The Kier molecular flexibility index (Phi) is 6.97. The van der Waals surface area contributed by atoms with Gasteiger partial charge in [-0.1, -0.05) is 17.7 Å². The van der Waals surface area contributed by atoms with Crippen LogP contribution in [0.3, 0.4) is 0 Å². The van der Waals surface area contributed by atoms with Crippen molar-refractivity contribution in [2.45, 2.75) is 20.8 Å². The molecule has 0 aliphatic rings. The summed E-state index contributed by atoms with van der Waals surface area (Å²) in [6.45, 7) is 6.84. The fourth-order valence-electron chi connectivity index (χ4n) is 2.66. The first-order valence-electron chi connectivity index (χ1n) is 8.78. The molecule has 0 spiro atoms. The molecule has 0 N–H and O–H groups in total. The maximum absolute atomic E-state index is 13.7. The lowest BCUT2D eigenvalue weighted by atomic mass is 10.00. The number of Topliss-reactive ketones (excluding diaryl/α,β-unsaturated/α-hetero) is 1. The minimum Gasteiger partial charge on any atom is -0.366 e. The second-order valence-corrected chi connectivity index (χ2v) is 7.00. The molecule has 0 bridgehead atoms. The van der Waals surface area contributed by atoms with E-state index in [1.807, 2.05) is 44.9 Å². The monoisotopic (exact) mass is 389 g/mol. The highest BCUT2D eigenvalue weighted by Gasteiger charge is 2.17. The lowest BCUT2D eigenvalue weighted by molar-refractivity contribution is 0.0999. The molecule has 0 atom stereocenters. The topological polar surface area (TPSA) is 35.9 Å². The molecule has 27 heavy (non-hydrogen) atoms. The number of benzene rings is 2. The van der Waals surface area contributed by atoms with Gasteiger partial charge in [0.05, 0.1) is 29.3 Å². The van der Waals surface area contributed by atoms with E-state index in [4.69, 9.17) is 11.6 Å². The largest absolute Gasteiger partial charge is 0.366 e. The number of hydrogen-bond donors (Lipinski definition) is 0. The summed E-state index contributed by atoms with van der Waals surface area (Å²) in [5, 5.41) is 0.0189. The van der Waals surface area contributed by atoms with Gasteiger partial charge in [0.25, 0.3) is 0 Å². The van der Waals surface area contributed by atoms with Crippen molar-refractivity contribution in [1.82, 2.24) is 4.90 Å². The number of ketones is 1. The van der Waals surface area contributed by atoms with Crippen LogP contribution in [0, 0.1) is 19.7 Å². The van der Waals surface area contributed by atoms with Gasteiger partial charge < -0.3 is 9.80 Å². The molecule has 0 saturated heterocycles. The molecule has 6 heteroatoms. The second-order valence-electron chi connectivity index (χ2n) is 6.62. The van der Waals surface area contributed by atoms with Crippen LogP contribution >= 0.6 is 11.6 Å². The fourth-order valence-corrected chi connectivity index (χ4v) is 2.93. The van der Waals surface area contributed by atoms with Crippen LogP contribution in [0.2, 0.25) is 5.02 Å². The van der Waals surface area contributed by atoms with Crippen molar-refractivity contribution in [3.8, 4) is 0 Å². The zero-order valence-electron chi connectivity index (χ0n) is 16.4. The van der Waals surface area contributed by atoms with Gasteiger partial charge >= 0.3 is 0 Å². The summed E-state index contributed by atoms with van der Waals surface area (Å²) in [6, 6.07) is 8.34. The van der Waals surface area contributed by atoms with Crippen molar-refractivity contribution in [2.24, 2.45) is 4.99 Å². The first-order valence-corrected chi connectivity index (χ1v) is 9.16. The molecule has 0 amide bonds. The Labute approximate surface area is 165 Å². The molecular weight excluding hydrogens is 365 g/mol. The Morgan fingerprint density at radius 2 is 1.93 bits per heavy atom. The number of nitrogens with zero attached hydrogens (tertiary/aromatic N) is 3. The zero-order valence-corrected chi connectivity index (χ0v) is 17.1. The van der Waals surface area contributed by atoms with Gasteiger partial charge in [-0.2, -0.15) is 0 Å². The van der Waals surface area contributed by atoms with Crippen LogP contribution in [-0.2, 0) is 0 Å². The van der Waals surface area contributed by atoms with Crippen molar-refractivity contribution in [2.75, 3.05) is 32.1 Å². The molecule has 4 nitrogen and oxygen atoms in total. The molecule has 0 aliphatic heterocycles. The number of halogens is 2. The summed E-state index contributed by atoms with van der Waals surface area (Å²) >= 11 is 6.02. The number of aryl methyl sites for hydroxylation is 2. The zero-order chi connectivity index (χ0) is 20.1.